The van der Waals surface area contributed by atoms with Gasteiger partial charge in [-0.2, -0.15) is 0 Å². The number of likely N-dealkylation sites (tertiary alicyclic amines) is 1. The van der Waals surface area contributed by atoms with E-state index in [1.165, 1.54) is 11.3 Å². The summed E-state index contributed by atoms with van der Waals surface area (Å²) >= 11 is 7.62. The molecule has 0 spiro atoms. The number of aliphatic carboxylic acids is 1. The predicted molar refractivity (Wildman–Crippen MR) is 98.1 cm³/mol. The summed E-state index contributed by atoms with van der Waals surface area (Å²) in [4.78, 5) is 14.7. The second-order valence-electron chi connectivity index (χ2n) is 5.89. The Labute approximate surface area is 155 Å². The predicted octanol–water partition coefficient (Wildman–Crippen LogP) is 4.06. The molecule has 3 rings (SSSR count). The normalized spacial score (nSPS) is 18.9. The van der Waals surface area contributed by atoms with Gasteiger partial charge in [-0.3, -0.25) is 9.69 Å². The number of thiophene rings is 1. The first-order chi connectivity index (χ1) is 12.0. The van der Waals surface area contributed by atoms with Crippen molar-refractivity contribution in [2.75, 3.05) is 20.8 Å². The zero-order valence-electron chi connectivity index (χ0n) is 14.1. The van der Waals surface area contributed by atoms with Gasteiger partial charge in [-0.15, -0.1) is 11.3 Å². The molecule has 1 aromatic heterocycles. The van der Waals surface area contributed by atoms with Gasteiger partial charge < -0.3 is 14.6 Å². The van der Waals surface area contributed by atoms with Gasteiger partial charge in [0.2, 0.25) is 0 Å². The SMILES string of the molecule is COc1ccc(C(c2ccc(Cl)s2)N2CCCC2C(=O)O)c(OC)c1. The Morgan fingerprint density at radius 3 is 2.72 bits per heavy atom. The number of hydrogen-bond acceptors (Lipinski definition) is 5. The van der Waals surface area contributed by atoms with E-state index < -0.39 is 12.0 Å². The highest BCUT2D eigenvalue weighted by atomic mass is 35.5. The molecule has 2 heterocycles. The molecule has 7 heteroatoms. The number of carbonyl (C=O) groups is 1. The minimum absolute atomic E-state index is 0.220. The molecular weight excluding hydrogens is 362 g/mol. The molecule has 0 radical (unpaired) electrons. The third-order valence-corrected chi connectivity index (χ3v) is 5.79. The van der Waals surface area contributed by atoms with Gasteiger partial charge in [0.1, 0.15) is 17.5 Å². The quantitative estimate of drug-likeness (QED) is 0.817. The van der Waals surface area contributed by atoms with Crippen molar-refractivity contribution in [2.45, 2.75) is 24.9 Å². The zero-order valence-corrected chi connectivity index (χ0v) is 15.6. The fourth-order valence-corrected chi connectivity index (χ4v) is 4.58. The van der Waals surface area contributed by atoms with E-state index in [1.807, 2.05) is 35.2 Å². The number of nitrogens with zero attached hydrogens (tertiary/aromatic N) is 1. The maximum atomic E-state index is 11.7. The first kappa shape index (κ1) is 18.0. The Bertz CT molecular complexity index is 763. The van der Waals surface area contributed by atoms with Crippen LogP contribution < -0.4 is 9.47 Å². The molecule has 1 fully saturated rings. The summed E-state index contributed by atoms with van der Waals surface area (Å²) in [5.74, 6) is 0.572. The van der Waals surface area contributed by atoms with Crippen molar-refractivity contribution in [1.29, 1.82) is 0 Å². The molecule has 1 saturated heterocycles. The molecule has 0 aliphatic carbocycles. The lowest BCUT2D eigenvalue weighted by atomic mass is 10.0. The van der Waals surface area contributed by atoms with Gasteiger partial charge >= 0.3 is 5.97 Å². The van der Waals surface area contributed by atoms with Crippen LogP contribution in [0.15, 0.2) is 30.3 Å². The van der Waals surface area contributed by atoms with Gasteiger partial charge in [0.05, 0.1) is 24.6 Å². The lowest BCUT2D eigenvalue weighted by Crippen LogP contribution is -2.39. The van der Waals surface area contributed by atoms with Gasteiger partial charge in [-0.1, -0.05) is 11.6 Å². The monoisotopic (exact) mass is 381 g/mol. The van der Waals surface area contributed by atoms with Crippen molar-refractivity contribution in [3.63, 3.8) is 0 Å². The summed E-state index contributed by atoms with van der Waals surface area (Å²) in [5, 5.41) is 9.62. The highest BCUT2D eigenvalue weighted by Crippen LogP contribution is 2.43. The van der Waals surface area contributed by atoms with Crippen LogP contribution in [0.5, 0.6) is 11.5 Å². The molecule has 1 aromatic carbocycles. The molecule has 134 valence electrons. The van der Waals surface area contributed by atoms with Crippen molar-refractivity contribution in [3.8, 4) is 11.5 Å². The number of carboxylic acids is 1. The van der Waals surface area contributed by atoms with E-state index in [0.29, 0.717) is 28.8 Å². The summed E-state index contributed by atoms with van der Waals surface area (Å²) in [6, 6.07) is 8.69. The minimum atomic E-state index is -0.794. The van der Waals surface area contributed by atoms with Crippen LogP contribution >= 0.6 is 22.9 Å². The number of rotatable bonds is 6. The number of hydrogen-bond donors (Lipinski definition) is 1. The average Bonchev–Trinajstić information content (AvgIpc) is 3.25. The summed E-state index contributed by atoms with van der Waals surface area (Å²) in [6.07, 6.45) is 1.49. The van der Waals surface area contributed by atoms with Crippen LogP contribution in [-0.2, 0) is 4.79 Å². The summed E-state index contributed by atoms with van der Waals surface area (Å²) in [5.41, 5.74) is 0.912. The van der Waals surface area contributed by atoms with Crippen molar-refractivity contribution < 1.29 is 19.4 Å². The molecule has 0 bridgehead atoms. The number of carboxylic acid groups (broad SMARTS) is 1. The van der Waals surface area contributed by atoms with Crippen LogP contribution in [0.1, 0.15) is 29.3 Å². The molecule has 25 heavy (non-hydrogen) atoms. The molecule has 1 aliphatic rings. The molecule has 2 atom stereocenters. The number of halogens is 1. The van der Waals surface area contributed by atoms with Crippen LogP contribution in [0.3, 0.4) is 0 Å². The van der Waals surface area contributed by atoms with Crippen molar-refractivity contribution in [3.05, 3.63) is 45.1 Å². The van der Waals surface area contributed by atoms with Crippen LogP contribution in [0, 0.1) is 0 Å². The van der Waals surface area contributed by atoms with E-state index in [0.717, 1.165) is 16.9 Å². The van der Waals surface area contributed by atoms with E-state index in [4.69, 9.17) is 21.1 Å². The molecule has 2 aromatic rings. The summed E-state index contributed by atoms with van der Waals surface area (Å²) < 4.78 is 11.5. The second kappa shape index (κ2) is 7.64. The highest BCUT2D eigenvalue weighted by molar-refractivity contribution is 7.16. The summed E-state index contributed by atoms with van der Waals surface area (Å²) in [6.45, 7) is 0.715. The summed E-state index contributed by atoms with van der Waals surface area (Å²) in [7, 11) is 3.21. The third-order valence-electron chi connectivity index (χ3n) is 4.51. The molecule has 5 nitrogen and oxygen atoms in total. The topological polar surface area (TPSA) is 59.0 Å². The lowest BCUT2D eigenvalue weighted by Gasteiger charge is -2.31. The zero-order chi connectivity index (χ0) is 18.0. The number of methoxy groups -OCH3 is 2. The maximum absolute atomic E-state index is 11.7. The van der Waals surface area contributed by atoms with Crippen LogP contribution in [0.25, 0.3) is 0 Å². The molecule has 1 aliphatic heterocycles. The standard InChI is InChI=1S/C18H20ClNO4S/c1-23-11-5-6-12(14(10-11)24-2)17(15-7-8-16(19)25-15)20-9-3-4-13(20)18(21)22/h5-8,10,13,17H,3-4,9H2,1-2H3,(H,21,22). The molecular formula is C18H20ClNO4S. The lowest BCUT2D eigenvalue weighted by molar-refractivity contribution is -0.142. The molecule has 2 unspecified atom stereocenters. The largest absolute Gasteiger partial charge is 0.497 e. The van der Waals surface area contributed by atoms with E-state index in [-0.39, 0.29) is 6.04 Å². The van der Waals surface area contributed by atoms with Crippen molar-refractivity contribution in [1.82, 2.24) is 4.90 Å². The van der Waals surface area contributed by atoms with Gasteiger partial charge in [0.25, 0.3) is 0 Å². The van der Waals surface area contributed by atoms with E-state index in [1.54, 1.807) is 14.2 Å². The smallest absolute Gasteiger partial charge is 0.320 e. The van der Waals surface area contributed by atoms with Crippen LogP contribution in [0.4, 0.5) is 0 Å². The Morgan fingerprint density at radius 2 is 2.12 bits per heavy atom. The first-order valence-corrected chi connectivity index (χ1v) is 9.20. The third kappa shape index (κ3) is 3.61. The first-order valence-electron chi connectivity index (χ1n) is 8.01. The molecule has 0 saturated carbocycles. The Balaban J connectivity index is 2.10. The fraction of sp³-hybridized carbons (Fsp3) is 0.389. The molecule has 1 N–H and O–H groups in total. The highest BCUT2D eigenvalue weighted by Gasteiger charge is 2.38. The van der Waals surface area contributed by atoms with Gasteiger partial charge in [0.15, 0.2) is 0 Å². The van der Waals surface area contributed by atoms with E-state index in [2.05, 4.69) is 0 Å². The molecule has 0 amide bonds. The van der Waals surface area contributed by atoms with Gasteiger partial charge in [-0.25, -0.2) is 0 Å². The van der Waals surface area contributed by atoms with Crippen LogP contribution in [0.2, 0.25) is 4.34 Å². The Morgan fingerprint density at radius 1 is 1.32 bits per heavy atom. The number of ether oxygens (including phenoxy) is 2. The fourth-order valence-electron chi connectivity index (χ4n) is 3.38. The Kier molecular flexibility index (Phi) is 5.51. The second-order valence-corrected chi connectivity index (χ2v) is 7.63. The maximum Gasteiger partial charge on any atom is 0.320 e. The van der Waals surface area contributed by atoms with E-state index >= 15 is 0 Å². The minimum Gasteiger partial charge on any atom is -0.497 e. The van der Waals surface area contributed by atoms with E-state index in [9.17, 15) is 9.90 Å². The average molecular weight is 382 g/mol. The number of benzene rings is 1. The van der Waals surface area contributed by atoms with Crippen molar-refractivity contribution >= 4 is 28.9 Å². The Hall–Kier alpha value is -1.76. The van der Waals surface area contributed by atoms with Crippen molar-refractivity contribution in [2.24, 2.45) is 0 Å². The van der Waals surface area contributed by atoms with Crippen LogP contribution in [-0.4, -0.2) is 42.8 Å². The van der Waals surface area contributed by atoms with Gasteiger partial charge in [-0.05, 0) is 37.1 Å². The van der Waals surface area contributed by atoms with Gasteiger partial charge in [0, 0.05) is 23.1 Å².